The van der Waals surface area contributed by atoms with Gasteiger partial charge >= 0.3 is 6.36 Å². The number of guanidine groups is 1. The summed E-state index contributed by atoms with van der Waals surface area (Å²) in [4.78, 5) is 4.00. The summed E-state index contributed by atoms with van der Waals surface area (Å²) in [5.41, 5.74) is 6.54. The molecule has 0 aliphatic rings. The first kappa shape index (κ1) is 25.0. The molecule has 0 unspecified atom stereocenters. The van der Waals surface area contributed by atoms with E-state index in [0.29, 0.717) is 0 Å². The minimum atomic E-state index is -4.85. The number of aliphatic imine (C=N–C) groups is 1. The predicted molar refractivity (Wildman–Crippen MR) is 115 cm³/mol. The zero-order valence-electron chi connectivity index (χ0n) is 15.2. The second-order valence-electron chi connectivity index (χ2n) is 5.65. The Balaban J connectivity index is 0.00000420. The quantitative estimate of drug-likeness (QED) is 0.215. The SMILES string of the molecule is Cc1ccc(S(=O)(=O)NCCN=C(N)Nc2ccccc2OC(F)(F)F)cc1.I. The van der Waals surface area contributed by atoms with E-state index in [4.69, 9.17) is 5.73 Å². The van der Waals surface area contributed by atoms with Crippen LogP contribution < -0.4 is 20.5 Å². The van der Waals surface area contributed by atoms with Gasteiger partial charge in [0.2, 0.25) is 10.0 Å². The molecule has 0 aliphatic heterocycles. The lowest BCUT2D eigenvalue weighted by atomic mass is 10.2. The summed E-state index contributed by atoms with van der Waals surface area (Å²) in [6.07, 6.45) is -4.85. The van der Waals surface area contributed by atoms with Gasteiger partial charge in [0, 0.05) is 6.54 Å². The van der Waals surface area contributed by atoms with Crippen molar-refractivity contribution in [3.8, 4) is 5.75 Å². The number of hydrogen-bond acceptors (Lipinski definition) is 4. The highest BCUT2D eigenvalue weighted by Crippen LogP contribution is 2.29. The molecular formula is C17H20F3IN4O3S. The molecule has 0 aliphatic carbocycles. The van der Waals surface area contributed by atoms with Crippen LogP contribution in [0.2, 0.25) is 0 Å². The van der Waals surface area contributed by atoms with Crippen molar-refractivity contribution in [1.82, 2.24) is 4.72 Å². The van der Waals surface area contributed by atoms with Gasteiger partial charge < -0.3 is 15.8 Å². The van der Waals surface area contributed by atoms with Gasteiger partial charge in [-0.1, -0.05) is 29.8 Å². The van der Waals surface area contributed by atoms with E-state index in [1.165, 1.54) is 30.3 Å². The molecule has 12 heteroatoms. The number of sulfonamides is 1. The molecular weight excluding hydrogens is 524 g/mol. The molecule has 2 rings (SSSR count). The maximum Gasteiger partial charge on any atom is 0.573 e. The number of ether oxygens (including phenoxy) is 1. The van der Waals surface area contributed by atoms with E-state index in [-0.39, 0.29) is 53.6 Å². The minimum absolute atomic E-state index is 0. The molecule has 0 fully saturated rings. The lowest BCUT2D eigenvalue weighted by molar-refractivity contribution is -0.274. The van der Waals surface area contributed by atoms with Crippen LogP contribution in [-0.4, -0.2) is 33.8 Å². The number of nitrogens with zero attached hydrogens (tertiary/aromatic N) is 1. The fourth-order valence-electron chi connectivity index (χ4n) is 2.12. The Morgan fingerprint density at radius 2 is 1.76 bits per heavy atom. The molecule has 0 aromatic heterocycles. The first-order chi connectivity index (χ1) is 13.1. The second kappa shape index (κ2) is 10.6. The first-order valence-electron chi connectivity index (χ1n) is 8.05. The summed E-state index contributed by atoms with van der Waals surface area (Å²) in [5, 5.41) is 2.49. The van der Waals surface area contributed by atoms with Crippen LogP contribution in [0.15, 0.2) is 58.4 Å². The Labute approximate surface area is 183 Å². The molecule has 7 nitrogen and oxygen atoms in total. The fraction of sp³-hybridized carbons (Fsp3) is 0.235. The van der Waals surface area contributed by atoms with Crippen molar-refractivity contribution in [3.63, 3.8) is 0 Å². The third kappa shape index (κ3) is 8.45. The highest BCUT2D eigenvalue weighted by atomic mass is 127. The number of hydrogen-bond donors (Lipinski definition) is 3. The minimum Gasteiger partial charge on any atom is -0.404 e. The average Bonchev–Trinajstić information content (AvgIpc) is 2.60. The van der Waals surface area contributed by atoms with Crippen LogP contribution in [0.3, 0.4) is 0 Å². The molecule has 4 N–H and O–H groups in total. The molecule has 2 aromatic carbocycles. The monoisotopic (exact) mass is 544 g/mol. The van der Waals surface area contributed by atoms with Gasteiger partial charge in [0.05, 0.1) is 17.1 Å². The van der Waals surface area contributed by atoms with Crippen LogP contribution >= 0.6 is 24.0 Å². The van der Waals surface area contributed by atoms with Crippen molar-refractivity contribution < 1.29 is 26.3 Å². The van der Waals surface area contributed by atoms with E-state index in [0.717, 1.165) is 11.6 Å². The number of alkyl halides is 3. The molecule has 0 atom stereocenters. The number of nitrogens with two attached hydrogens (primary N) is 1. The highest BCUT2D eigenvalue weighted by Gasteiger charge is 2.32. The Morgan fingerprint density at radius 3 is 2.38 bits per heavy atom. The standard InChI is InChI=1S/C17H19F3N4O3S.HI/c1-12-6-8-13(9-7-12)28(25,26)23-11-10-22-16(21)24-14-4-2-3-5-15(14)27-17(18,19)20;/h2-9,23H,10-11H2,1H3,(H3,21,22,24);1H. The molecule has 0 saturated heterocycles. The highest BCUT2D eigenvalue weighted by molar-refractivity contribution is 14.0. The van der Waals surface area contributed by atoms with Gasteiger partial charge in [-0.3, -0.25) is 4.99 Å². The van der Waals surface area contributed by atoms with Crippen molar-refractivity contribution in [2.45, 2.75) is 18.2 Å². The summed E-state index contributed by atoms with van der Waals surface area (Å²) >= 11 is 0. The number of aryl methyl sites for hydroxylation is 1. The number of nitrogens with one attached hydrogen (secondary N) is 2. The fourth-order valence-corrected chi connectivity index (χ4v) is 3.14. The Hall–Kier alpha value is -2.06. The van der Waals surface area contributed by atoms with Crippen molar-refractivity contribution >= 4 is 45.6 Å². The lowest BCUT2D eigenvalue weighted by Gasteiger charge is -2.14. The zero-order chi connectivity index (χ0) is 20.8. The average molecular weight is 544 g/mol. The number of halogens is 4. The topological polar surface area (TPSA) is 106 Å². The molecule has 0 spiro atoms. The molecule has 0 radical (unpaired) electrons. The summed E-state index contributed by atoms with van der Waals surface area (Å²) < 4.78 is 67.7. The largest absolute Gasteiger partial charge is 0.573 e. The van der Waals surface area contributed by atoms with E-state index in [1.807, 2.05) is 6.92 Å². The van der Waals surface area contributed by atoms with Gasteiger partial charge in [-0.2, -0.15) is 0 Å². The van der Waals surface area contributed by atoms with Gasteiger partial charge in [-0.25, -0.2) is 13.1 Å². The number of anilines is 1. The molecule has 29 heavy (non-hydrogen) atoms. The molecule has 0 heterocycles. The van der Waals surface area contributed by atoms with E-state index < -0.39 is 22.1 Å². The molecule has 160 valence electrons. The maximum atomic E-state index is 12.4. The van der Waals surface area contributed by atoms with E-state index in [9.17, 15) is 21.6 Å². The van der Waals surface area contributed by atoms with Crippen molar-refractivity contribution in [2.24, 2.45) is 10.7 Å². The summed E-state index contributed by atoms with van der Waals surface area (Å²) in [6.45, 7) is 1.78. The van der Waals surface area contributed by atoms with Crippen LogP contribution in [0.25, 0.3) is 0 Å². The smallest absolute Gasteiger partial charge is 0.404 e. The molecule has 0 bridgehead atoms. The van der Waals surface area contributed by atoms with Crippen molar-refractivity contribution in [3.05, 3.63) is 54.1 Å². The summed E-state index contributed by atoms with van der Waals surface area (Å²) in [7, 11) is -3.69. The van der Waals surface area contributed by atoms with E-state index in [2.05, 4.69) is 19.8 Å². The van der Waals surface area contributed by atoms with Crippen molar-refractivity contribution in [2.75, 3.05) is 18.4 Å². The van der Waals surface area contributed by atoms with E-state index >= 15 is 0 Å². The third-order valence-electron chi connectivity index (χ3n) is 3.39. The van der Waals surface area contributed by atoms with Gasteiger partial charge in [-0.05, 0) is 31.2 Å². The van der Waals surface area contributed by atoms with Crippen molar-refractivity contribution in [1.29, 1.82) is 0 Å². The predicted octanol–water partition coefficient (Wildman–Crippen LogP) is 3.22. The number of rotatable bonds is 7. The first-order valence-corrected chi connectivity index (χ1v) is 9.53. The summed E-state index contributed by atoms with van der Waals surface area (Å²) in [6, 6.07) is 11.6. The van der Waals surface area contributed by atoms with Gasteiger partial charge in [0.15, 0.2) is 11.7 Å². The second-order valence-corrected chi connectivity index (χ2v) is 7.41. The third-order valence-corrected chi connectivity index (χ3v) is 4.87. The molecule has 0 amide bonds. The number of para-hydroxylation sites is 2. The zero-order valence-corrected chi connectivity index (χ0v) is 18.4. The molecule has 2 aromatic rings. The maximum absolute atomic E-state index is 12.4. The Morgan fingerprint density at radius 1 is 1.14 bits per heavy atom. The molecule has 0 saturated carbocycles. The van der Waals surface area contributed by atoms with Gasteiger partial charge in [0.25, 0.3) is 0 Å². The Bertz CT molecular complexity index is 936. The Kier molecular flexibility index (Phi) is 9.16. The van der Waals surface area contributed by atoms with E-state index in [1.54, 1.807) is 12.1 Å². The van der Waals surface area contributed by atoms with Crippen LogP contribution in [0.4, 0.5) is 18.9 Å². The summed E-state index contributed by atoms with van der Waals surface area (Å²) in [5.74, 6) is -0.652. The lowest BCUT2D eigenvalue weighted by Crippen LogP contribution is -2.29. The normalized spacial score (nSPS) is 12.2. The van der Waals surface area contributed by atoms with Crippen LogP contribution in [0, 0.1) is 6.92 Å². The van der Waals surface area contributed by atoms with Gasteiger partial charge in [0.1, 0.15) is 0 Å². The number of benzene rings is 2. The van der Waals surface area contributed by atoms with Crippen LogP contribution in [0.1, 0.15) is 5.56 Å². The van der Waals surface area contributed by atoms with Crippen LogP contribution in [0.5, 0.6) is 5.75 Å². The van der Waals surface area contributed by atoms with Gasteiger partial charge in [-0.15, -0.1) is 37.1 Å². The van der Waals surface area contributed by atoms with Crippen LogP contribution in [-0.2, 0) is 10.0 Å².